The molecule has 0 saturated carbocycles. The van der Waals surface area contributed by atoms with Gasteiger partial charge in [-0.25, -0.2) is 4.98 Å². The van der Waals surface area contributed by atoms with E-state index in [1.165, 1.54) is 0 Å². The predicted molar refractivity (Wildman–Crippen MR) is 61.6 cm³/mol. The second-order valence-electron chi connectivity index (χ2n) is 3.72. The largest absolute Gasteiger partial charge is 0.368 e. The lowest BCUT2D eigenvalue weighted by Gasteiger charge is -2.40. The van der Waals surface area contributed by atoms with Gasteiger partial charge in [0.2, 0.25) is 5.91 Å². The summed E-state index contributed by atoms with van der Waals surface area (Å²) < 4.78 is 0.911. The summed E-state index contributed by atoms with van der Waals surface area (Å²) >= 11 is 3.44. The molecule has 1 aromatic heterocycles. The number of rotatable bonds is 2. The number of carbonyl (C=O) groups excluding carboxylic acids is 1. The molecule has 1 aliphatic rings. The summed E-state index contributed by atoms with van der Waals surface area (Å²) in [5.41, 5.74) is 6.37. The minimum atomic E-state index is -0.282. The van der Waals surface area contributed by atoms with Crippen LogP contribution in [0.1, 0.15) is 12.0 Å². The molecule has 1 aliphatic heterocycles. The number of pyridine rings is 1. The van der Waals surface area contributed by atoms with Crippen molar-refractivity contribution in [1.29, 1.82) is 0 Å². The summed E-state index contributed by atoms with van der Waals surface area (Å²) in [7, 11) is 0. The van der Waals surface area contributed by atoms with E-state index >= 15 is 0 Å². The van der Waals surface area contributed by atoms with Gasteiger partial charge < -0.3 is 10.6 Å². The van der Waals surface area contributed by atoms with Gasteiger partial charge in [0.15, 0.2) is 0 Å². The van der Waals surface area contributed by atoms with E-state index in [0.717, 1.165) is 28.8 Å². The van der Waals surface area contributed by atoms with E-state index < -0.39 is 0 Å². The van der Waals surface area contributed by atoms with E-state index in [1.54, 1.807) is 6.20 Å². The molecule has 0 aromatic carbocycles. The Bertz CT molecular complexity index is 408. The van der Waals surface area contributed by atoms with Crippen LogP contribution in [0, 0.1) is 6.92 Å². The first-order chi connectivity index (χ1) is 7.09. The lowest BCUT2D eigenvalue weighted by Crippen LogP contribution is -2.55. The van der Waals surface area contributed by atoms with Crippen LogP contribution in [0.15, 0.2) is 16.7 Å². The summed E-state index contributed by atoms with van der Waals surface area (Å²) in [5, 5.41) is 0. The number of aromatic nitrogens is 1. The fourth-order valence-electron chi connectivity index (χ4n) is 1.67. The third-order valence-corrected chi connectivity index (χ3v) is 3.16. The Morgan fingerprint density at radius 1 is 1.73 bits per heavy atom. The molecule has 1 atom stereocenters. The van der Waals surface area contributed by atoms with Crippen LogP contribution >= 0.6 is 15.9 Å². The third-order valence-electron chi connectivity index (χ3n) is 2.58. The number of aryl methyl sites for hydroxylation is 1. The van der Waals surface area contributed by atoms with Gasteiger partial charge in [-0.05, 0) is 40.9 Å². The van der Waals surface area contributed by atoms with Crippen molar-refractivity contribution in [2.45, 2.75) is 19.4 Å². The Labute approximate surface area is 96.6 Å². The van der Waals surface area contributed by atoms with Gasteiger partial charge in [-0.15, -0.1) is 0 Å². The molecule has 0 spiro atoms. The number of hydrogen-bond donors (Lipinski definition) is 1. The number of halogens is 1. The molecule has 2 rings (SSSR count). The van der Waals surface area contributed by atoms with Crippen molar-refractivity contribution in [3.8, 4) is 0 Å². The third kappa shape index (κ3) is 1.84. The summed E-state index contributed by atoms with van der Waals surface area (Å²) in [4.78, 5) is 17.3. The molecule has 1 amide bonds. The maximum Gasteiger partial charge on any atom is 0.240 e. The van der Waals surface area contributed by atoms with Gasteiger partial charge in [0, 0.05) is 12.7 Å². The maximum atomic E-state index is 11.1. The zero-order chi connectivity index (χ0) is 11.0. The minimum absolute atomic E-state index is 0.198. The number of amides is 1. The van der Waals surface area contributed by atoms with Crippen LogP contribution in [0.5, 0.6) is 0 Å². The second-order valence-corrected chi connectivity index (χ2v) is 4.57. The highest BCUT2D eigenvalue weighted by Gasteiger charge is 2.34. The number of nitrogens with two attached hydrogens (primary N) is 1. The van der Waals surface area contributed by atoms with Gasteiger partial charge in [0.25, 0.3) is 0 Å². The van der Waals surface area contributed by atoms with Gasteiger partial charge >= 0.3 is 0 Å². The molecule has 1 aromatic rings. The number of carbonyl (C=O) groups is 1. The summed E-state index contributed by atoms with van der Waals surface area (Å²) in [5.74, 6) is 0.520. The smallest absolute Gasteiger partial charge is 0.240 e. The fraction of sp³-hybridized carbons (Fsp3) is 0.400. The first-order valence-electron chi connectivity index (χ1n) is 4.77. The average Bonchev–Trinajstić information content (AvgIpc) is 2.06. The Balaban J connectivity index is 2.27. The van der Waals surface area contributed by atoms with Crippen molar-refractivity contribution in [2.75, 3.05) is 11.4 Å². The minimum Gasteiger partial charge on any atom is -0.368 e. The molecule has 2 heterocycles. The maximum absolute atomic E-state index is 11.1. The molecule has 15 heavy (non-hydrogen) atoms. The Morgan fingerprint density at radius 2 is 2.47 bits per heavy atom. The highest BCUT2D eigenvalue weighted by molar-refractivity contribution is 9.10. The number of anilines is 1. The van der Waals surface area contributed by atoms with Gasteiger partial charge in [-0.1, -0.05) is 0 Å². The molecule has 1 saturated heterocycles. The van der Waals surface area contributed by atoms with Crippen LogP contribution in [0.4, 0.5) is 5.82 Å². The Kier molecular flexibility index (Phi) is 2.65. The molecular weight excluding hydrogens is 258 g/mol. The van der Waals surface area contributed by atoms with Gasteiger partial charge in [-0.2, -0.15) is 0 Å². The van der Waals surface area contributed by atoms with E-state index in [9.17, 15) is 4.79 Å². The zero-order valence-electron chi connectivity index (χ0n) is 8.40. The van der Waals surface area contributed by atoms with Crippen molar-refractivity contribution in [3.63, 3.8) is 0 Å². The van der Waals surface area contributed by atoms with Gasteiger partial charge in [0.05, 0.1) is 4.47 Å². The van der Waals surface area contributed by atoms with Crippen LogP contribution in [0.2, 0.25) is 0 Å². The highest BCUT2D eigenvalue weighted by atomic mass is 79.9. The second kappa shape index (κ2) is 3.81. The lowest BCUT2D eigenvalue weighted by atomic mass is 10.0. The summed E-state index contributed by atoms with van der Waals surface area (Å²) in [6.45, 7) is 2.81. The van der Waals surface area contributed by atoms with Crippen molar-refractivity contribution < 1.29 is 4.79 Å². The number of nitrogens with zero attached hydrogens (tertiary/aromatic N) is 2. The topological polar surface area (TPSA) is 59.2 Å². The zero-order valence-corrected chi connectivity index (χ0v) is 9.99. The lowest BCUT2D eigenvalue weighted by molar-refractivity contribution is -0.120. The molecule has 0 bridgehead atoms. The average molecular weight is 270 g/mol. The van der Waals surface area contributed by atoms with Gasteiger partial charge in [0.1, 0.15) is 11.9 Å². The van der Waals surface area contributed by atoms with Crippen LogP contribution in [0.25, 0.3) is 0 Å². The molecule has 4 nitrogen and oxygen atoms in total. The molecule has 1 unspecified atom stereocenters. The summed E-state index contributed by atoms with van der Waals surface area (Å²) in [6, 6.07) is 1.79. The van der Waals surface area contributed by atoms with E-state index in [0.29, 0.717) is 0 Å². The highest BCUT2D eigenvalue weighted by Crippen LogP contribution is 2.31. The van der Waals surface area contributed by atoms with Crippen molar-refractivity contribution in [2.24, 2.45) is 5.73 Å². The Hall–Kier alpha value is -1.10. The van der Waals surface area contributed by atoms with E-state index in [4.69, 9.17) is 5.73 Å². The Morgan fingerprint density at radius 3 is 2.93 bits per heavy atom. The van der Waals surface area contributed by atoms with Gasteiger partial charge in [-0.3, -0.25) is 4.79 Å². The van der Waals surface area contributed by atoms with Crippen molar-refractivity contribution in [3.05, 3.63) is 22.3 Å². The van der Waals surface area contributed by atoms with E-state index in [-0.39, 0.29) is 11.9 Å². The summed E-state index contributed by atoms with van der Waals surface area (Å²) in [6.07, 6.45) is 2.60. The molecular formula is C10H12BrN3O. The number of primary amides is 1. The van der Waals surface area contributed by atoms with Crippen molar-refractivity contribution >= 4 is 27.7 Å². The molecule has 0 aliphatic carbocycles. The molecule has 5 heteroatoms. The van der Waals surface area contributed by atoms with Crippen LogP contribution in [0.3, 0.4) is 0 Å². The molecule has 0 radical (unpaired) electrons. The quantitative estimate of drug-likeness (QED) is 0.878. The van der Waals surface area contributed by atoms with Crippen LogP contribution < -0.4 is 10.6 Å². The first-order valence-corrected chi connectivity index (χ1v) is 5.57. The fourth-order valence-corrected chi connectivity index (χ4v) is 2.37. The predicted octanol–water partition coefficient (Wildman–Crippen LogP) is 1.22. The van der Waals surface area contributed by atoms with E-state index in [1.807, 2.05) is 17.9 Å². The number of hydrogen-bond acceptors (Lipinski definition) is 3. The van der Waals surface area contributed by atoms with Crippen LogP contribution in [-0.4, -0.2) is 23.5 Å². The molecule has 1 fully saturated rings. The molecule has 80 valence electrons. The van der Waals surface area contributed by atoms with Crippen LogP contribution in [-0.2, 0) is 4.79 Å². The normalized spacial score (nSPS) is 19.9. The van der Waals surface area contributed by atoms with Crippen molar-refractivity contribution in [1.82, 2.24) is 4.98 Å². The SMILES string of the molecule is Cc1cnc(N2CCC2C(N)=O)c(Br)c1. The standard InChI is InChI=1S/C10H12BrN3O/c1-6-4-7(11)10(13-5-6)14-3-2-8(14)9(12)15/h4-5,8H,2-3H2,1H3,(H2,12,15). The molecule has 2 N–H and O–H groups in total. The van der Waals surface area contributed by atoms with E-state index in [2.05, 4.69) is 20.9 Å². The first kappa shape index (κ1) is 10.4. The monoisotopic (exact) mass is 269 g/mol.